The van der Waals surface area contributed by atoms with E-state index in [4.69, 9.17) is 17.3 Å². The van der Waals surface area contributed by atoms with Crippen LogP contribution in [-0.4, -0.2) is 20.0 Å². The lowest BCUT2D eigenvalue weighted by Gasteiger charge is -2.15. The van der Waals surface area contributed by atoms with E-state index in [0.29, 0.717) is 16.8 Å². The van der Waals surface area contributed by atoms with E-state index in [1.807, 2.05) is 0 Å². The highest BCUT2D eigenvalue weighted by atomic mass is 35.5. The summed E-state index contributed by atoms with van der Waals surface area (Å²) < 4.78 is 40.7. The van der Waals surface area contributed by atoms with Crippen LogP contribution in [0, 0.1) is 0 Å². The quantitative estimate of drug-likeness (QED) is 0.705. The Bertz CT molecular complexity index is 1200. The lowest BCUT2D eigenvalue weighted by Crippen LogP contribution is -2.34. The molecule has 1 amide bonds. The summed E-state index contributed by atoms with van der Waals surface area (Å²) in [4.78, 5) is 40.4. The predicted octanol–water partition coefficient (Wildman–Crippen LogP) is 1.76. The molecule has 0 spiro atoms. The molecule has 0 saturated heterocycles. The third-order valence-electron chi connectivity index (χ3n) is 3.94. The first-order valence-electron chi connectivity index (χ1n) is 7.82. The second-order valence-electron chi connectivity index (χ2n) is 5.91. The summed E-state index contributed by atoms with van der Waals surface area (Å²) in [5.74, 6) is -0.963. The molecule has 0 aliphatic rings. The number of carbonyl (C=O) groups excluding carboxylic acids is 1. The average molecular weight is 413 g/mol. The number of carbonyl (C=O) groups is 1. The molecular weight excluding hydrogens is 401 g/mol. The van der Waals surface area contributed by atoms with Crippen molar-refractivity contribution in [3.05, 3.63) is 73.6 Å². The van der Waals surface area contributed by atoms with E-state index in [0.717, 1.165) is 4.57 Å². The van der Waals surface area contributed by atoms with Gasteiger partial charge >= 0.3 is 6.18 Å². The van der Waals surface area contributed by atoms with E-state index >= 15 is 0 Å². The van der Waals surface area contributed by atoms with E-state index in [-0.39, 0.29) is 16.7 Å². The molecule has 11 heteroatoms. The van der Waals surface area contributed by atoms with Gasteiger partial charge < -0.3 is 10.3 Å². The Kier molecular flexibility index (Phi) is 4.99. The van der Waals surface area contributed by atoms with Gasteiger partial charge in [-0.1, -0.05) is 23.7 Å². The fourth-order valence-electron chi connectivity index (χ4n) is 2.68. The largest absolute Gasteiger partial charge is 0.417 e. The summed E-state index contributed by atoms with van der Waals surface area (Å²) in [5.41, 5.74) is 2.79. The lowest BCUT2D eigenvalue weighted by molar-refractivity contribution is -0.138. The molecule has 0 aliphatic heterocycles. The molecule has 3 aromatic rings. The molecule has 0 aliphatic carbocycles. The van der Waals surface area contributed by atoms with Crippen LogP contribution in [0.15, 0.2) is 46.1 Å². The van der Waals surface area contributed by atoms with Crippen LogP contribution in [0.1, 0.15) is 11.4 Å². The Morgan fingerprint density at radius 3 is 2.50 bits per heavy atom. The Morgan fingerprint density at radius 2 is 1.86 bits per heavy atom. The van der Waals surface area contributed by atoms with Gasteiger partial charge in [0.05, 0.1) is 23.0 Å². The number of pyridine rings is 1. The van der Waals surface area contributed by atoms with Crippen molar-refractivity contribution >= 4 is 28.4 Å². The molecule has 0 atom stereocenters. The van der Waals surface area contributed by atoms with E-state index in [1.165, 1.54) is 12.1 Å². The van der Waals surface area contributed by atoms with Gasteiger partial charge in [0.15, 0.2) is 0 Å². The van der Waals surface area contributed by atoms with E-state index in [2.05, 4.69) is 4.98 Å². The summed E-state index contributed by atoms with van der Waals surface area (Å²) in [6, 6.07) is 6.74. The van der Waals surface area contributed by atoms with Gasteiger partial charge in [0.25, 0.3) is 11.1 Å². The van der Waals surface area contributed by atoms with Gasteiger partial charge in [-0.15, -0.1) is 0 Å². The third-order valence-corrected chi connectivity index (χ3v) is 4.21. The topological polar surface area (TPSA) is 100.0 Å². The van der Waals surface area contributed by atoms with Crippen molar-refractivity contribution < 1.29 is 18.0 Å². The second-order valence-corrected chi connectivity index (χ2v) is 6.32. The first-order valence-corrected chi connectivity index (χ1v) is 8.19. The predicted molar refractivity (Wildman–Crippen MR) is 95.0 cm³/mol. The van der Waals surface area contributed by atoms with Crippen LogP contribution in [0.25, 0.3) is 10.9 Å². The number of alkyl halides is 3. The molecular formula is C17H12ClF3N4O3. The summed E-state index contributed by atoms with van der Waals surface area (Å²) in [6.45, 7) is -1.07. The van der Waals surface area contributed by atoms with Gasteiger partial charge in [-0.05, 0) is 18.2 Å². The number of hydrogen-bond donors (Lipinski definition) is 1. The van der Waals surface area contributed by atoms with Crippen molar-refractivity contribution in [2.75, 3.05) is 0 Å². The van der Waals surface area contributed by atoms with Gasteiger partial charge in [0, 0.05) is 6.20 Å². The SMILES string of the molecule is NC(=O)Cn1c(Cn2cc(C(F)(F)F)cc(Cl)c2=O)nc2ccccc2c1=O. The highest BCUT2D eigenvalue weighted by Gasteiger charge is 2.32. The maximum absolute atomic E-state index is 13.0. The number of nitrogens with zero attached hydrogens (tertiary/aromatic N) is 3. The maximum atomic E-state index is 13.0. The highest BCUT2D eigenvalue weighted by molar-refractivity contribution is 6.30. The van der Waals surface area contributed by atoms with Crippen LogP contribution in [0.4, 0.5) is 13.2 Å². The van der Waals surface area contributed by atoms with Crippen molar-refractivity contribution in [1.29, 1.82) is 0 Å². The molecule has 0 saturated carbocycles. The number of primary amides is 1. The molecule has 28 heavy (non-hydrogen) atoms. The summed E-state index contributed by atoms with van der Waals surface area (Å²) in [5, 5.41) is -0.443. The zero-order valence-corrected chi connectivity index (χ0v) is 14.8. The standard InChI is InChI=1S/C17H12ClF3N4O3/c18-11-5-9(17(19,20)21)6-24(16(11)28)8-14-23-12-4-2-1-3-10(12)15(27)25(14)7-13(22)26/h1-6H,7-8H2,(H2,22,26). The van der Waals surface area contributed by atoms with Crippen molar-refractivity contribution in [1.82, 2.24) is 14.1 Å². The Balaban J connectivity index is 2.22. The smallest absolute Gasteiger partial charge is 0.368 e. The minimum Gasteiger partial charge on any atom is -0.368 e. The van der Waals surface area contributed by atoms with Gasteiger partial charge in [0.1, 0.15) is 17.4 Å². The number of amides is 1. The first kappa shape index (κ1) is 19.6. The average Bonchev–Trinajstić information content (AvgIpc) is 2.61. The second kappa shape index (κ2) is 7.12. The number of nitrogens with two attached hydrogens (primary N) is 1. The molecule has 3 rings (SSSR count). The molecule has 0 unspecified atom stereocenters. The fraction of sp³-hybridized carbons (Fsp3) is 0.176. The summed E-state index contributed by atoms with van der Waals surface area (Å²) in [6.07, 6.45) is -4.16. The molecule has 2 aromatic heterocycles. The van der Waals surface area contributed by atoms with Crippen molar-refractivity contribution in [3.8, 4) is 0 Å². The van der Waals surface area contributed by atoms with Crippen LogP contribution in [0.3, 0.4) is 0 Å². The van der Waals surface area contributed by atoms with E-state index in [9.17, 15) is 27.6 Å². The van der Waals surface area contributed by atoms with Gasteiger partial charge in [-0.3, -0.25) is 19.0 Å². The maximum Gasteiger partial charge on any atom is 0.417 e. The molecule has 146 valence electrons. The van der Waals surface area contributed by atoms with Crippen molar-refractivity contribution in [3.63, 3.8) is 0 Å². The zero-order valence-electron chi connectivity index (χ0n) is 14.0. The van der Waals surface area contributed by atoms with Crippen molar-refractivity contribution in [2.24, 2.45) is 5.73 Å². The number of para-hydroxylation sites is 1. The Morgan fingerprint density at radius 1 is 1.18 bits per heavy atom. The summed E-state index contributed by atoms with van der Waals surface area (Å²) in [7, 11) is 0. The van der Waals surface area contributed by atoms with E-state index in [1.54, 1.807) is 12.1 Å². The number of aromatic nitrogens is 3. The Labute approximate surface area is 159 Å². The molecule has 1 aromatic carbocycles. The highest BCUT2D eigenvalue weighted by Crippen LogP contribution is 2.29. The minimum absolute atomic E-state index is 0.111. The number of hydrogen-bond acceptors (Lipinski definition) is 4. The molecule has 0 bridgehead atoms. The summed E-state index contributed by atoms with van der Waals surface area (Å²) >= 11 is 5.65. The fourth-order valence-corrected chi connectivity index (χ4v) is 2.90. The van der Waals surface area contributed by atoms with Crippen LogP contribution in [0.2, 0.25) is 5.02 Å². The molecule has 7 nitrogen and oxygen atoms in total. The van der Waals surface area contributed by atoms with Gasteiger partial charge in [0.2, 0.25) is 5.91 Å². The lowest BCUT2D eigenvalue weighted by atomic mass is 10.2. The molecule has 2 heterocycles. The number of halogens is 4. The zero-order chi connectivity index (χ0) is 20.6. The molecule has 0 radical (unpaired) electrons. The van der Waals surface area contributed by atoms with Crippen molar-refractivity contribution in [2.45, 2.75) is 19.3 Å². The van der Waals surface area contributed by atoms with Crippen LogP contribution in [0.5, 0.6) is 0 Å². The molecule has 0 fully saturated rings. The van der Waals surface area contributed by atoms with Crippen LogP contribution < -0.4 is 16.9 Å². The molecule has 2 N–H and O–H groups in total. The third kappa shape index (κ3) is 3.77. The van der Waals surface area contributed by atoms with Crippen LogP contribution >= 0.6 is 11.6 Å². The number of rotatable bonds is 4. The van der Waals surface area contributed by atoms with Crippen LogP contribution in [-0.2, 0) is 24.1 Å². The monoisotopic (exact) mass is 412 g/mol. The normalized spacial score (nSPS) is 11.7. The number of fused-ring (bicyclic) bond motifs is 1. The Hall–Kier alpha value is -3.14. The minimum atomic E-state index is -4.73. The first-order chi connectivity index (χ1) is 13.1. The van der Waals surface area contributed by atoms with Gasteiger partial charge in [-0.25, -0.2) is 4.98 Å². The van der Waals surface area contributed by atoms with Gasteiger partial charge in [-0.2, -0.15) is 13.2 Å². The number of benzene rings is 1. The van der Waals surface area contributed by atoms with E-state index < -0.39 is 46.9 Å².